The number of amides is 1. The average Bonchev–Trinajstić information content (AvgIpc) is 3.11. The number of nitrogens with zero attached hydrogens (tertiary/aromatic N) is 2. The van der Waals surface area contributed by atoms with Crippen molar-refractivity contribution >= 4 is 5.91 Å². The van der Waals surface area contributed by atoms with Gasteiger partial charge in [-0.15, -0.1) is 0 Å². The van der Waals surface area contributed by atoms with Gasteiger partial charge in [-0.25, -0.2) is 0 Å². The Hall–Kier alpha value is -3.92. The van der Waals surface area contributed by atoms with Crippen molar-refractivity contribution in [1.82, 2.24) is 9.88 Å². The number of aryl methyl sites for hydroxylation is 2. The van der Waals surface area contributed by atoms with Gasteiger partial charge in [0.1, 0.15) is 11.5 Å². The van der Waals surface area contributed by atoms with Gasteiger partial charge < -0.3 is 9.64 Å². The normalized spacial score (nSPS) is 12.7. The molecule has 4 aromatic rings. The van der Waals surface area contributed by atoms with E-state index in [0.29, 0.717) is 13.1 Å². The van der Waals surface area contributed by atoms with Crippen LogP contribution in [0.25, 0.3) is 11.3 Å². The van der Waals surface area contributed by atoms with Crippen LogP contribution in [0.3, 0.4) is 0 Å². The highest BCUT2D eigenvalue weighted by atomic mass is 16.5. The van der Waals surface area contributed by atoms with Gasteiger partial charge in [0.15, 0.2) is 0 Å². The maximum absolute atomic E-state index is 13.1. The molecule has 0 atom stereocenters. The third kappa shape index (κ3) is 4.00. The number of hydrogen-bond acceptors (Lipinski definition) is 3. The van der Waals surface area contributed by atoms with Crippen molar-refractivity contribution in [2.75, 3.05) is 0 Å². The molecule has 0 saturated carbocycles. The lowest BCUT2D eigenvalue weighted by atomic mass is 9.98. The molecule has 1 aliphatic heterocycles. The molecule has 0 unspecified atom stereocenters. The number of fused-ring (bicyclic) bond motifs is 1. The van der Waals surface area contributed by atoms with Crippen LogP contribution in [0.5, 0.6) is 11.5 Å². The van der Waals surface area contributed by atoms with Crippen LogP contribution in [-0.2, 0) is 13.1 Å². The predicted octanol–water partition coefficient (Wildman–Crippen LogP) is 6.31. The molecule has 5 rings (SSSR count). The largest absolute Gasteiger partial charge is 0.457 e. The van der Waals surface area contributed by atoms with Crippen LogP contribution in [0.15, 0.2) is 85.1 Å². The third-order valence-corrected chi connectivity index (χ3v) is 5.76. The summed E-state index contributed by atoms with van der Waals surface area (Å²) in [7, 11) is 0. The summed E-state index contributed by atoms with van der Waals surface area (Å²) >= 11 is 0. The Kier molecular flexibility index (Phi) is 5.20. The minimum absolute atomic E-state index is 0.0881. The molecule has 0 N–H and O–H groups in total. The van der Waals surface area contributed by atoms with E-state index in [1.807, 2.05) is 85.5 Å². The summed E-state index contributed by atoms with van der Waals surface area (Å²) in [6.45, 7) is 5.22. The highest BCUT2D eigenvalue weighted by Crippen LogP contribution is 2.32. The topological polar surface area (TPSA) is 42.4 Å². The first kappa shape index (κ1) is 20.0. The lowest BCUT2D eigenvalue weighted by molar-refractivity contribution is 0.0766. The third-order valence-electron chi connectivity index (χ3n) is 5.76. The number of hydrogen-bond donors (Lipinski definition) is 0. The minimum atomic E-state index is 0.0881. The lowest BCUT2D eigenvalue weighted by Gasteiger charge is -2.16. The van der Waals surface area contributed by atoms with Gasteiger partial charge in [-0.3, -0.25) is 9.78 Å². The number of aromatic nitrogens is 1. The first-order valence-corrected chi connectivity index (χ1v) is 10.7. The van der Waals surface area contributed by atoms with Crippen LogP contribution in [-0.4, -0.2) is 15.8 Å². The Bertz CT molecular complexity index is 1280. The molecule has 2 heterocycles. The number of ether oxygens (including phenoxy) is 1. The summed E-state index contributed by atoms with van der Waals surface area (Å²) in [5.41, 5.74) is 7.09. The Balaban J connectivity index is 1.31. The van der Waals surface area contributed by atoms with Crippen LogP contribution < -0.4 is 4.74 Å². The quantitative estimate of drug-likeness (QED) is 0.380. The summed E-state index contributed by atoms with van der Waals surface area (Å²) < 4.78 is 5.94. The van der Waals surface area contributed by atoms with Gasteiger partial charge in [-0.2, -0.15) is 0 Å². The number of carbonyl (C=O) groups excluding carboxylic acids is 1. The molecule has 158 valence electrons. The Morgan fingerprint density at radius 3 is 2.50 bits per heavy atom. The monoisotopic (exact) mass is 420 g/mol. The van der Waals surface area contributed by atoms with Gasteiger partial charge in [0.25, 0.3) is 5.91 Å². The summed E-state index contributed by atoms with van der Waals surface area (Å²) in [5, 5.41) is 0. The smallest absolute Gasteiger partial charge is 0.255 e. The zero-order chi connectivity index (χ0) is 22.1. The second-order valence-electron chi connectivity index (χ2n) is 8.27. The first-order valence-electron chi connectivity index (χ1n) is 10.7. The molecular formula is C28H24N2O2. The Labute approximate surface area is 188 Å². The van der Waals surface area contributed by atoms with Crippen LogP contribution in [0.2, 0.25) is 0 Å². The fourth-order valence-electron chi connectivity index (χ4n) is 4.23. The molecule has 1 aliphatic rings. The molecular weight excluding hydrogens is 396 g/mol. The van der Waals surface area contributed by atoms with E-state index >= 15 is 0 Å². The van der Waals surface area contributed by atoms with Crippen molar-refractivity contribution in [2.24, 2.45) is 0 Å². The summed E-state index contributed by atoms with van der Waals surface area (Å²) in [6.07, 6.45) is 1.79. The molecule has 0 saturated heterocycles. The standard InChI is InChI=1S/C28H24N2O2/c1-19-6-5-7-25(14-19)32-24-11-9-21(10-12-24)17-30-18-23-16-22(26-8-3-4-13-29-26)15-20(2)27(23)28(30)31/h3-16H,17-18H2,1-2H3. The van der Waals surface area contributed by atoms with Gasteiger partial charge >= 0.3 is 0 Å². The van der Waals surface area contributed by atoms with Crippen molar-refractivity contribution < 1.29 is 9.53 Å². The predicted molar refractivity (Wildman–Crippen MR) is 126 cm³/mol. The molecule has 0 radical (unpaired) electrons. The zero-order valence-electron chi connectivity index (χ0n) is 18.2. The number of benzene rings is 3. The van der Waals surface area contributed by atoms with Gasteiger partial charge in [0, 0.05) is 30.4 Å². The van der Waals surface area contributed by atoms with E-state index in [0.717, 1.165) is 50.6 Å². The Morgan fingerprint density at radius 1 is 0.906 bits per heavy atom. The van der Waals surface area contributed by atoms with Gasteiger partial charge in [0.05, 0.1) is 5.69 Å². The van der Waals surface area contributed by atoms with Gasteiger partial charge in [0.2, 0.25) is 0 Å². The minimum Gasteiger partial charge on any atom is -0.457 e. The average molecular weight is 421 g/mol. The summed E-state index contributed by atoms with van der Waals surface area (Å²) in [6, 6.07) is 26.0. The lowest BCUT2D eigenvalue weighted by Crippen LogP contribution is -2.23. The fraction of sp³-hybridized carbons (Fsp3) is 0.143. The second-order valence-corrected chi connectivity index (χ2v) is 8.27. The number of carbonyl (C=O) groups is 1. The number of pyridine rings is 1. The molecule has 1 aromatic heterocycles. The van der Waals surface area contributed by atoms with E-state index in [1.54, 1.807) is 6.20 Å². The molecule has 32 heavy (non-hydrogen) atoms. The highest BCUT2D eigenvalue weighted by molar-refractivity contribution is 6.00. The SMILES string of the molecule is Cc1cccc(Oc2ccc(CN3Cc4cc(-c5ccccn5)cc(C)c4C3=O)cc2)c1. The zero-order valence-corrected chi connectivity index (χ0v) is 18.2. The maximum Gasteiger partial charge on any atom is 0.255 e. The number of rotatable bonds is 5. The molecule has 0 bridgehead atoms. The molecule has 4 heteroatoms. The summed E-state index contributed by atoms with van der Waals surface area (Å²) in [5.74, 6) is 1.69. The fourth-order valence-corrected chi connectivity index (χ4v) is 4.23. The molecule has 1 amide bonds. The second kappa shape index (κ2) is 8.31. The van der Waals surface area contributed by atoms with Gasteiger partial charge in [-0.1, -0.05) is 30.3 Å². The van der Waals surface area contributed by atoms with Crippen LogP contribution >= 0.6 is 0 Å². The van der Waals surface area contributed by atoms with Crippen LogP contribution in [0.4, 0.5) is 0 Å². The van der Waals surface area contributed by atoms with Crippen molar-refractivity contribution in [3.05, 3.63) is 113 Å². The maximum atomic E-state index is 13.1. The van der Waals surface area contributed by atoms with Crippen molar-refractivity contribution in [1.29, 1.82) is 0 Å². The Morgan fingerprint density at radius 2 is 1.75 bits per heavy atom. The molecule has 0 aliphatic carbocycles. The van der Waals surface area contributed by atoms with Crippen molar-refractivity contribution in [2.45, 2.75) is 26.9 Å². The molecule has 3 aromatic carbocycles. The van der Waals surface area contributed by atoms with E-state index in [4.69, 9.17) is 4.74 Å². The van der Waals surface area contributed by atoms with E-state index in [2.05, 4.69) is 17.1 Å². The molecule has 4 nitrogen and oxygen atoms in total. The van der Waals surface area contributed by atoms with Crippen molar-refractivity contribution in [3.63, 3.8) is 0 Å². The van der Waals surface area contributed by atoms with Crippen LogP contribution in [0, 0.1) is 13.8 Å². The molecule has 0 spiro atoms. The van der Waals surface area contributed by atoms with E-state index in [9.17, 15) is 4.79 Å². The van der Waals surface area contributed by atoms with E-state index in [1.165, 1.54) is 0 Å². The highest BCUT2D eigenvalue weighted by Gasteiger charge is 2.29. The first-order chi connectivity index (χ1) is 15.6. The van der Waals surface area contributed by atoms with E-state index in [-0.39, 0.29) is 5.91 Å². The van der Waals surface area contributed by atoms with Crippen molar-refractivity contribution in [3.8, 4) is 22.8 Å². The molecule has 0 fully saturated rings. The van der Waals surface area contributed by atoms with E-state index < -0.39 is 0 Å². The van der Waals surface area contributed by atoms with Gasteiger partial charge in [-0.05, 0) is 84.6 Å². The van der Waals surface area contributed by atoms with Crippen LogP contribution in [0.1, 0.15) is 32.6 Å². The summed E-state index contributed by atoms with van der Waals surface area (Å²) in [4.78, 5) is 19.4.